The van der Waals surface area contributed by atoms with Crippen molar-refractivity contribution in [1.82, 2.24) is 5.32 Å². The van der Waals surface area contributed by atoms with Gasteiger partial charge in [0.2, 0.25) is 5.91 Å². The number of carbonyl (C=O) groups is 2. The second-order valence-electron chi connectivity index (χ2n) is 5.41. The Morgan fingerprint density at radius 2 is 1.59 bits per heavy atom. The number of benzene rings is 1. The van der Waals surface area contributed by atoms with Crippen molar-refractivity contribution < 1.29 is 27.9 Å². The van der Waals surface area contributed by atoms with Crippen LogP contribution >= 0.6 is 0 Å². The van der Waals surface area contributed by atoms with Crippen LogP contribution in [0.3, 0.4) is 0 Å². The Labute approximate surface area is 126 Å². The first-order valence-corrected chi connectivity index (χ1v) is 6.74. The van der Waals surface area contributed by atoms with E-state index in [1.54, 1.807) is 13.8 Å². The largest absolute Gasteiger partial charge is 0.481 e. The predicted molar refractivity (Wildman–Crippen MR) is 74.0 cm³/mol. The number of carboxylic acid groups (broad SMARTS) is 1. The molecule has 0 bridgehead atoms. The van der Waals surface area contributed by atoms with E-state index in [0.29, 0.717) is 5.56 Å². The summed E-state index contributed by atoms with van der Waals surface area (Å²) in [6.07, 6.45) is -4.42. The molecule has 0 aliphatic rings. The summed E-state index contributed by atoms with van der Waals surface area (Å²) < 4.78 is 37.6. The number of amides is 1. The molecule has 2 atom stereocenters. The van der Waals surface area contributed by atoms with E-state index in [1.807, 2.05) is 0 Å². The van der Waals surface area contributed by atoms with Crippen molar-refractivity contribution in [2.45, 2.75) is 33.0 Å². The van der Waals surface area contributed by atoms with Crippen LogP contribution in [0.2, 0.25) is 0 Å². The molecule has 1 rings (SSSR count). The number of hydrogen-bond donors (Lipinski definition) is 2. The van der Waals surface area contributed by atoms with Crippen molar-refractivity contribution in [3.05, 3.63) is 35.4 Å². The molecule has 1 aromatic carbocycles. The lowest BCUT2D eigenvalue weighted by atomic mass is 9.94. The fourth-order valence-electron chi connectivity index (χ4n) is 1.90. The predicted octanol–water partition coefficient (Wildman–Crippen LogP) is 3.24. The zero-order valence-corrected chi connectivity index (χ0v) is 12.4. The Hall–Kier alpha value is -2.05. The Bertz CT molecular complexity index is 538. The van der Waals surface area contributed by atoms with Crippen LogP contribution in [0.15, 0.2) is 24.3 Å². The van der Waals surface area contributed by atoms with Gasteiger partial charge in [-0.15, -0.1) is 0 Å². The van der Waals surface area contributed by atoms with E-state index in [-0.39, 0.29) is 5.92 Å². The molecule has 0 saturated carbocycles. The van der Waals surface area contributed by atoms with Crippen LogP contribution in [-0.4, -0.2) is 17.0 Å². The van der Waals surface area contributed by atoms with E-state index in [2.05, 4.69) is 5.32 Å². The SMILES string of the molecule is CC(C(=O)O)C(=O)NC(c1ccc(C(F)(F)F)cc1)C(C)C. The highest BCUT2D eigenvalue weighted by atomic mass is 19.4. The summed E-state index contributed by atoms with van der Waals surface area (Å²) in [5.41, 5.74) is -0.280. The third-order valence-electron chi connectivity index (χ3n) is 3.33. The van der Waals surface area contributed by atoms with Gasteiger partial charge in [-0.1, -0.05) is 26.0 Å². The van der Waals surface area contributed by atoms with Crippen LogP contribution < -0.4 is 5.32 Å². The average molecular weight is 317 g/mol. The van der Waals surface area contributed by atoms with Gasteiger partial charge in [0.25, 0.3) is 0 Å². The lowest BCUT2D eigenvalue weighted by Crippen LogP contribution is -2.38. The number of carboxylic acids is 1. The molecule has 2 unspecified atom stereocenters. The summed E-state index contributed by atoms with van der Waals surface area (Å²) >= 11 is 0. The molecule has 0 fully saturated rings. The van der Waals surface area contributed by atoms with Gasteiger partial charge >= 0.3 is 12.1 Å². The van der Waals surface area contributed by atoms with E-state index in [0.717, 1.165) is 12.1 Å². The average Bonchev–Trinajstić information content (AvgIpc) is 2.42. The highest BCUT2D eigenvalue weighted by Gasteiger charge is 2.31. The first-order chi connectivity index (χ1) is 10.0. The maximum absolute atomic E-state index is 12.5. The summed E-state index contributed by atoms with van der Waals surface area (Å²) in [7, 11) is 0. The molecule has 0 aliphatic heterocycles. The van der Waals surface area contributed by atoms with Gasteiger partial charge in [-0.05, 0) is 30.5 Å². The van der Waals surface area contributed by atoms with Crippen molar-refractivity contribution in [2.24, 2.45) is 11.8 Å². The summed E-state index contributed by atoms with van der Waals surface area (Å²) in [5.74, 6) is -3.27. The molecule has 0 aromatic heterocycles. The van der Waals surface area contributed by atoms with Gasteiger partial charge in [-0.2, -0.15) is 13.2 Å². The number of halogens is 3. The molecule has 0 spiro atoms. The first-order valence-electron chi connectivity index (χ1n) is 6.74. The summed E-state index contributed by atoms with van der Waals surface area (Å²) in [5, 5.41) is 11.4. The quantitative estimate of drug-likeness (QED) is 0.819. The number of nitrogens with one attached hydrogen (secondary N) is 1. The molecule has 0 heterocycles. The molecule has 0 saturated heterocycles. The van der Waals surface area contributed by atoms with E-state index >= 15 is 0 Å². The van der Waals surface area contributed by atoms with E-state index < -0.39 is 35.6 Å². The van der Waals surface area contributed by atoms with Crippen LogP contribution in [-0.2, 0) is 15.8 Å². The van der Waals surface area contributed by atoms with Crippen LogP contribution in [0.4, 0.5) is 13.2 Å². The van der Waals surface area contributed by atoms with E-state index in [9.17, 15) is 22.8 Å². The Kier molecular flexibility index (Phi) is 5.57. The van der Waals surface area contributed by atoms with Crippen LogP contribution in [0.1, 0.15) is 37.9 Å². The number of hydrogen-bond acceptors (Lipinski definition) is 2. The van der Waals surface area contributed by atoms with Gasteiger partial charge in [0, 0.05) is 0 Å². The van der Waals surface area contributed by atoms with Crippen molar-refractivity contribution in [3.63, 3.8) is 0 Å². The summed E-state index contributed by atoms with van der Waals surface area (Å²) in [4.78, 5) is 22.6. The molecule has 7 heteroatoms. The topological polar surface area (TPSA) is 66.4 Å². The highest BCUT2D eigenvalue weighted by Crippen LogP contribution is 2.31. The molecule has 1 amide bonds. The van der Waals surface area contributed by atoms with Crippen LogP contribution in [0.5, 0.6) is 0 Å². The first kappa shape index (κ1) is 18.0. The van der Waals surface area contributed by atoms with E-state index in [4.69, 9.17) is 5.11 Å². The van der Waals surface area contributed by atoms with Crippen molar-refractivity contribution in [1.29, 1.82) is 0 Å². The maximum atomic E-state index is 12.5. The third kappa shape index (κ3) is 4.47. The number of carbonyl (C=O) groups excluding carboxylic acids is 1. The van der Waals surface area contributed by atoms with Gasteiger partial charge in [-0.25, -0.2) is 0 Å². The van der Waals surface area contributed by atoms with Gasteiger partial charge in [0.05, 0.1) is 11.6 Å². The second-order valence-corrected chi connectivity index (χ2v) is 5.41. The number of alkyl halides is 3. The van der Waals surface area contributed by atoms with Crippen LogP contribution in [0.25, 0.3) is 0 Å². The summed E-state index contributed by atoms with van der Waals surface area (Å²) in [6.45, 7) is 4.82. The monoisotopic (exact) mass is 317 g/mol. The summed E-state index contributed by atoms with van der Waals surface area (Å²) in [6, 6.07) is 3.91. The molecular weight excluding hydrogens is 299 g/mol. The fraction of sp³-hybridized carbons (Fsp3) is 0.467. The van der Waals surface area contributed by atoms with Gasteiger partial charge < -0.3 is 10.4 Å². The standard InChI is InChI=1S/C15H18F3NO3/c1-8(2)12(19-13(20)9(3)14(21)22)10-4-6-11(7-5-10)15(16,17)18/h4-9,12H,1-3H3,(H,19,20)(H,21,22). The minimum atomic E-state index is -4.42. The smallest absolute Gasteiger partial charge is 0.416 e. The normalized spacial score (nSPS) is 14.5. The Balaban J connectivity index is 2.97. The van der Waals surface area contributed by atoms with Crippen molar-refractivity contribution in [3.8, 4) is 0 Å². The molecule has 0 radical (unpaired) electrons. The Morgan fingerprint density at radius 3 is 1.95 bits per heavy atom. The second kappa shape index (κ2) is 6.81. The highest BCUT2D eigenvalue weighted by molar-refractivity contribution is 5.96. The van der Waals surface area contributed by atoms with Gasteiger partial charge in [-0.3, -0.25) is 9.59 Å². The maximum Gasteiger partial charge on any atom is 0.416 e. The minimum Gasteiger partial charge on any atom is -0.481 e. The zero-order valence-electron chi connectivity index (χ0n) is 12.4. The van der Waals surface area contributed by atoms with E-state index in [1.165, 1.54) is 19.1 Å². The number of rotatable bonds is 5. The molecule has 22 heavy (non-hydrogen) atoms. The van der Waals surface area contributed by atoms with Gasteiger partial charge in [0.15, 0.2) is 0 Å². The lowest BCUT2D eigenvalue weighted by Gasteiger charge is -2.24. The molecule has 4 nitrogen and oxygen atoms in total. The minimum absolute atomic E-state index is 0.110. The molecular formula is C15H18F3NO3. The Morgan fingerprint density at radius 1 is 1.09 bits per heavy atom. The molecule has 2 N–H and O–H groups in total. The molecule has 1 aromatic rings. The molecule has 0 aliphatic carbocycles. The van der Waals surface area contributed by atoms with Gasteiger partial charge in [0.1, 0.15) is 5.92 Å². The lowest BCUT2D eigenvalue weighted by molar-refractivity contribution is -0.146. The number of aliphatic carboxylic acids is 1. The van der Waals surface area contributed by atoms with Crippen LogP contribution in [0, 0.1) is 11.8 Å². The van der Waals surface area contributed by atoms with Crippen molar-refractivity contribution in [2.75, 3.05) is 0 Å². The van der Waals surface area contributed by atoms with Crippen molar-refractivity contribution >= 4 is 11.9 Å². The zero-order chi connectivity index (χ0) is 17.1. The molecule has 122 valence electrons. The fourth-order valence-corrected chi connectivity index (χ4v) is 1.90. The third-order valence-corrected chi connectivity index (χ3v) is 3.33.